The predicted molar refractivity (Wildman–Crippen MR) is 84.9 cm³/mol. The Hall–Kier alpha value is -1.06. The zero-order valence-corrected chi connectivity index (χ0v) is 13.9. The minimum Gasteiger partial charge on any atom is -0.507 e. The van der Waals surface area contributed by atoms with Gasteiger partial charge in [0, 0.05) is 5.92 Å². The third-order valence-corrected chi connectivity index (χ3v) is 4.03. The number of hydrogen-bond donors (Lipinski definition) is 1. The van der Waals surface area contributed by atoms with Gasteiger partial charge in [0.25, 0.3) is 0 Å². The van der Waals surface area contributed by atoms with Crippen molar-refractivity contribution in [2.45, 2.75) is 52.6 Å². The lowest BCUT2D eigenvalue weighted by molar-refractivity contribution is 0.0235. The summed E-state index contributed by atoms with van der Waals surface area (Å²) in [4.78, 5) is 0. The van der Waals surface area contributed by atoms with Crippen molar-refractivity contribution in [1.82, 2.24) is 0 Å². The second-order valence-electron chi connectivity index (χ2n) is 7.14. The monoisotopic (exact) mass is 292 g/mol. The summed E-state index contributed by atoms with van der Waals surface area (Å²) in [6.07, 6.45) is 0.772. The zero-order valence-electron chi connectivity index (χ0n) is 13.9. The van der Waals surface area contributed by atoms with Crippen LogP contribution in [-0.2, 0) is 21.3 Å². The van der Waals surface area contributed by atoms with Crippen LogP contribution in [0, 0.1) is 5.92 Å². The Labute approximate surface area is 128 Å². The van der Waals surface area contributed by atoms with Gasteiger partial charge in [-0.15, -0.1) is 0 Å². The van der Waals surface area contributed by atoms with Crippen LogP contribution in [0.25, 0.3) is 0 Å². The van der Waals surface area contributed by atoms with E-state index >= 15 is 0 Å². The van der Waals surface area contributed by atoms with E-state index in [9.17, 15) is 5.11 Å². The summed E-state index contributed by atoms with van der Waals surface area (Å²) in [5, 5.41) is 10.5. The van der Waals surface area contributed by atoms with E-state index in [1.807, 2.05) is 0 Å². The van der Waals surface area contributed by atoms with Crippen LogP contribution in [0.5, 0.6) is 5.75 Å². The lowest BCUT2D eigenvalue weighted by Gasteiger charge is -2.25. The molecule has 3 nitrogen and oxygen atoms in total. The van der Waals surface area contributed by atoms with Crippen molar-refractivity contribution in [2.75, 3.05) is 19.8 Å². The van der Waals surface area contributed by atoms with Crippen LogP contribution in [0.15, 0.2) is 12.1 Å². The van der Waals surface area contributed by atoms with Crippen LogP contribution in [0.1, 0.15) is 57.4 Å². The van der Waals surface area contributed by atoms with Crippen molar-refractivity contribution in [1.29, 1.82) is 0 Å². The van der Waals surface area contributed by atoms with Crippen LogP contribution in [0.4, 0.5) is 0 Å². The molecule has 1 saturated heterocycles. The normalized spacial score (nSPS) is 23.9. The Morgan fingerprint density at radius 3 is 2.52 bits per heavy atom. The first kappa shape index (κ1) is 16.3. The van der Waals surface area contributed by atoms with Gasteiger partial charge in [-0.25, -0.2) is 0 Å². The molecule has 118 valence electrons. The number of phenolic OH excluding ortho intramolecular Hbond substituents is 1. The maximum absolute atomic E-state index is 10.5. The molecule has 3 heteroatoms. The Balaban J connectivity index is 2.39. The van der Waals surface area contributed by atoms with Crippen molar-refractivity contribution < 1.29 is 14.6 Å². The average molecular weight is 292 g/mol. The first-order valence-corrected chi connectivity index (χ1v) is 7.88. The minimum atomic E-state index is -0.0944. The standard InChI is InChI=1S/C18H28O3/c1-6-13-7-14(8-15(17(13)19)18(3,4)5)16-11-20-9-12(2)10-21-16/h7-8,12,16,19H,6,9-11H2,1-5H3. The zero-order chi connectivity index (χ0) is 15.6. The number of aryl methyl sites for hydroxylation is 1. The third kappa shape index (κ3) is 3.78. The number of hydrogen-bond acceptors (Lipinski definition) is 3. The number of aromatic hydroxyl groups is 1. The molecule has 1 fully saturated rings. The molecule has 0 bridgehead atoms. The molecule has 1 aromatic carbocycles. The van der Waals surface area contributed by atoms with Gasteiger partial charge in [0.05, 0.1) is 19.8 Å². The molecule has 0 spiro atoms. The van der Waals surface area contributed by atoms with Crippen LogP contribution >= 0.6 is 0 Å². The van der Waals surface area contributed by atoms with Gasteiger partial charge in [0.2, 0.25) is 0 Å². The SMILES string of the molecule is CCc1cc(C2COCC(C)CO2)cc(C(C)(C)C)c1O. The fourth-order valence-corrected chi connectivity index (χ4v) is 2.69. The highest BCUT2D eigenvalue weighted by atomic mass is 16.5. The van der Waals surface area contributed by atoms with E-state index in [1.54, 1.807) is 0 Å². The van der Waals surface area contributed by atoms with Crippen molar-refractivity contribution in [2.24, 2.45) is 5.92 Å². The summed E-state index contributed by atoms with van der Waals surface area (Å²) in [5.74, 6) is 0.858. The molecule has 2 unspecified atom stereocenters. The van der Waals surface area contributed by atoms with Gasteiger partial charge in [-0.1, -0.05) is 34.6 Å². The lowest BCUT2D eigenvalue weighted by Crippen LogP contribution is -2.15. The molecule has 0 aromatic heterocycles. The van der Waals surface area contributed by atoms with Gasteiger partial charge in [0.15, 0.2) is 0 Å². The van der Waals surface area contributed by atoms with Crippen LogP contribution in [0.3, 0.4) is 0 Å². The number of benzene rings is 1. The molecule has 1 heterocycles. The van der Waals surface area contributed by atoms with E-state index in [-0.39, 0.29) is 11.5 Å². The Morgan fingerprint density at radius 2 is 1.90 bits per heavy atom. The Bertz CT molecular complexity index is 488. The smallest absolute Gasteiger partial charge is 0.122 e. The first-order valence-electron chi connectivity index (χ1n) is 7.88. The fourth-order valence-electron chi connectivity index (χ4n) is 2.69. The highest BCUT2D eigenvalue weighted by molar-refractivity contribution is 5.47. The quantitative estimate of drug-likeness (QED) is 0.896. The molecule has 21 heavy (non-hydrogen) atoms. The van der Waals surface area contributed by atoms with Gasteiger partial charge in [0.1, 0.15) is 11.9 Å². The van der Waals surface area contributed by atoms with E-state index in [1.165, 1.54) is 0 Å². The highest BCUT2D eigenvalue weighted by Crippen LogP contribution is 2.37. The number of phenols is 1. The molecule has 1 aromatic rings. The van der Waals surface area contributed by atoms with E-state index in [4.69, 9.17) is 9.47 Å². The first-order chi connectivity index (χ1) is 9.82. The topological polar surface area (TPSA) is 38.7 Å². The summed E-state index contributed by atoms with van der Waals surface area (Å²) in [6.45, 7) is 12.6. The molecule has 1 N–H and O–H groups in total. The second kappa shape index (κ2) is 6.37. The molecular formula is C18H28O3. The molecule has 0 saturated carbocycles. The van der Waals surface area contributed by atoms with Gasteiger partial charge in [-0.05, 0) is 40.7 Å². The predicted octanol–water partition coefficient (Wildman–Crippen LogP) is 3.98. The molecule has 2 atom stereocenters. The summed E-state index contributed by atoms with van der Waals surface area (Å²) in [7, 11) is 0. The molecular weight excluding hydrogens is 264 g/mol. The molecule has 0 amide bonds. The molecule has 1 aliphatic rings. The van der Waals surface area contributed by atoms with E-state index in [0.29, 0.717) is 18.3 Å². The van der Waals surface area contributed by atoms with Gasteiger partial charge in [-0.2, -0.15) is 0 Å². The van der Waals surface area contributed by atoms with Gasteiger partial charge < -0.3 is 14.6 Å². The van der Waals surface area contributed by atoms with E-state index < -0.39 is 0 Å². The summed E-state index contributed by atoms with van der Waals surface area (Å²) in [6, 6.07) is 4.15. The summed E-state index contributed by atoms with van der Waals surface area (Å²) in [5.41, 5.74) is 2.99. The van der Waals surface area contributed by atoms with Gasteiger partial charge in [-0.3, -0.25) is 0 Å². The van der Waals surface area contributed by atoms with E-state index in [0.717, 1.165) is 36.3 Å². The van der Waals surface area contributed by atoms with Crippen molar-refractivity contribution >= 4 is 0 Å². The third-order valence-electron chi connectivity index (χ3n) is 4.03. The largest absolute Gasteiger partial charge is 0.507 e. The number of ether oxygens (including phenoxy) is 2. The molecule has 0 aliphatic carbocycles. The highest BCUT2D eigenvalue weighted by Gasteiger charge is 2.25. The molecule has 0 radical (unpaired) electrons. The van der Waals surface area contributed by atoms with Crippen molar-refractivity contribution in [3.8, 4) is 5.75 Å². The van der Waals surface area contributed by atoms with Crippen molar-refractivity contribution in [3.05, 3.63) is 28.8 Å². The average Bonchev–Trinajstić information content (AvgIpc) is 2.62. The van der Waals surface area contributed by atoms with Gasteiger partial charge >= 0.3 is 0 Å². The molecule has 1 aliphatic heterocycles. The van der Waals surface area contributed by atoms with Crippen LogP contribution in [-0.4, -0.2) is 24.9 Å². The second-order valence-corrected chi connectivity index (χ2v) is 7.14. The van der Waals surface area contributed by atoms with E-state index in [2.05, 4.69) is 46.8 Å². The maximum Gasteiger partial charge on any atom is 0.122 e. The van der Waals surface area contributed by atoms with Crippen LogP contribution in [0.2, 0.25) is 0 Å². The maximum atomic E-state index is 10.5. The Kier molecular flexibility index (Phi) is 4.95. The molecule has 2 rings (SSSR count). The van der Waals surface area contributed by atoms with Crippen LogP contribution < -0.4 is 0 Å². The number of rotatable bonds is 2. The van der Waals surface area contributed by atoms with Crippen molar-refractivity contribution in [3.63, 3.8) is 0 Å². The summed E-state index contributed by atoms with van der Waals surface area (Å²) < 4.78 is 11.7. The lowest BCUT2D eigenvalue weighted by atomic mass is 9.83. The fraction of sp³-hybridized carbons (Fsp3) is 0.667. The minimum absolute atomic E-state index is 0.0399. The summed E-state index contributed by atoms with van der Waals surface area (Å²) >= 11 is 0. The Morgan fingerprint density at radius 1 is 1.19 bits per heavy atom.